The minimum Gasteiger partial charge on any atom is -0.368 e. The third kappa shape index (κ3) is 4.18. The van der Waals surface area contributed by atoms with Crippen molar-refractivity contribution in [3.05, 3.63) is 58.0 Å². The van der Waals surface area contributed by atoms with Crippen molar-refractivity contribution in [1.82, 2.24) is 4.90 Å². The van der Waals surface area contributed by atoms with Crippen molar-refractivity contribution in [3.63, 3.8) is 0 Å². The molecule has 3 rings (SSSR count). The Labute approximate surface area is 149 Å². The van der Waals surface area contributed by atoms with Gasteiger partial charge in [0.1, 0.15) is 0 Å². The monoisotopic (exact) mass is 393 g/mol. The van der Waals surface area contributed by atoms with Crippen LogP contribution in [0.25, 0.3) is 0 Å². The Bertz CT molecular complexity index is 684. The van der Waals surface area contributed by atoms with Crippen LogP contribution in [0.2, 0.25) is 5.02 Å². The Morgan fingerprint density at radius 3 is 2.39 bits per heavy atom. The molecule has 4 nitrogen and oxygen atoms in total. The summed E-state index contributed by atoms with van der Waals surface area (Å²) in [5, 5.41) is 3.67. The molecule has 1 fully saturated rings. The lowest BCUT2D eigenvalue weighted by molar-refractivity contribution is 0.208. The normalized spacial score (nSPS) is 14.7. The van der Waals surface area contributed by atoms with E-state index in [1.807, 2.05) is 53.4 Å². The smallest absolute Gasteiger partial charge is 0.321 e. The molecule has 0 radical (unpaired) electrons. The van der Waals surface area contributed by atoms with E-state index >= 15 is 0 Å². The summed E-state index contributed by atoms with van der Waals surface area (Å²) in [5.41, 5.74) is 1.94. The van der Waals surface area contributed by atoms with Crippen LogP contribution in [-0.2, 0) is 0 Å². The number of carbonyl (C=O) groups is 1. The number of amides is 2. The van der Waals surface area contributed by atoms with E-state index in [9.17, 15) is 4.79 Å². The van der Waals surface area contributed by atoms with Gasteiger partial charge in [0.05, 0.1) is 0 Å². The van der Waals surface area contributed by atoms with E-state index in [0.717, 1.165) is 34.0 Å². The topological polar surface area (TPSA) is 35.6 Å². The fraction of sp³-hybridized carbons (Fsp3) is 0.235. The number of nitrogens with one attached hydrogen (secondary N) is 1. The average Bonchev–Trinajstić information content (AvgIpc) is 2.56. The molecule has 23 heavy (non-hydrogen) atoms. The van der Waals surface area contributed by atoms with E-state index in [1.54, 1.807) is 0 Å². The van der Waals surface area contributed by atoms with Gasteiger partial charge in [-0.3, -0.25) is 0 Å². The molecule has 0 spiro atoms. The summed E-state index contributed by atoms with van der Waals surface area (Å²) in [4.78, 5) is 16.4. The van der Waals surface area contributed by atoms with Crippen LogP contribution in [0.1, 0.15) is 0 Å². The van der Waals surface area contributed by atoms with Crippen LogP contribution in [0, 0.1) is 0 Å². The molecule has 0 saturated carbocycles. The van der Waals surface area contributed by atoms with Crippen LogP contribution < -0.4 is 10.2 Å². The Balaban J connectivity index is 1.56. The second-order valence-corrected chi connectivity index (χ2v) is 6.74. The van der Waals surface area contributed by atoms with E-state index in [0.29, 0.717) is 13.1 Å². The molecule has 0 unspecified atom stereocenters. The Morgan fingerprint density at radius 1 is 1.04 bits per heavy atom. The molecule has 120 valence electrons. The van der Waals surface area contributed by atoms with E-state index in [-0.39, 0.29) is 6.03 Å². The Morgan fingerprint density at radius 2 is 1.74 bits per heavy atom. The molecule has 2 amide bonds. The maximum atomic E-state index is 12.3. The lowest BCUT2D eigenvalue weighted by Gasteiger charge is -2.36. The lowest BCUT2D eigenvalue weighted by atomic mass is 10.2. The first-order chi connectivity index (χ1) is 11.1. The number of anilines is 2. The van der Waals surface area contributed by atoms with Gasteiger partial charge < -0.3 is 15.1 Å². The second-order valence-electron chi connectivity index (χ2n) is 5.39. The van der Waals surface area contributed by atoms with E-state index in [2.05, 4.69) is 26.1 Å². The van der Waals surface area contributed by atoms with Crippen LogP contribution >= 0.6 is 27.5 Å². The highest BCUT2D eigenvalue weighted by molar-refractivity contribution is 9.10. The molecule has 1 saturated heterocycles. The second kappa shape index (κ2) is 7.23. The summed E-state index contributed by atoms with van der Waals surface area (Å²) in [6.07, 6.45) is 0. The number of nitrogens with zero attached hydrogens (tertiary/aromatic N) is 2. The maximum Gasteiger partial charge on any atom is 0.321 e. The number of rotatable bonds is 2. The third-order valence-corrected chi connectivity index (χ3v) is 4.58. The van der Waals surface area contributed by atoms with Gasteiger partial charge >= 0.3 is 6.03 Å². The average molecular weight is 395 g/mol. The number of halogens is 2. The first-order valence-corrected chi connectivity index (χ1v) is 8.61. The zero-order chi connectivity index (χ0) is 16.2. The molecule has 0 aromatic heterocycles. The van der Waals surface area contributed by atoms with Gasteiger partial charge in [-0.2, -0.15) is 0 Å². The largest absolute Gasteiger partial charge is 0.368 e. The predicted molar refractivity (Wildman–Crippen MR) is 98.4 cm³/mol. The van der Waals surface area contributed by atoms with Crippen LogP contribution in [0.15, 0.2) is 53.0 Å². The Kier molecular flexibility index (Phi) is 5.08. The number of hydrogen-bond donors (Lipinski definition) is 1. The first-order valence-electron chi connectivity index (χ1n) is 7.44. The SMILES string of the molecule is O=C(Nc1cccc(Br)c1)N1CCN(c2ccc(Cl)cc2)CC1. The molecule has 0 aliphatic carbocycles. The van der Waals surface area contributed by atoms with Gasteiger partial charge in [-0.15, -0.1) is 0 Å². The van der Waals surface area contributed by atoms with Gasteiger partial charge in [-0.05, 0) is 42.5 Å². The number of hydrogen-bond acceptors (Lipinski definition) is 2. The van der Waals surface area contributed by atoms with Crippen molar-refractivity contribution in [2.45, 2.75) is 0 Å². The zero-order valence-electron chi connectivity index (χ0n) is 12.5. The van der Waals surface area contributed by atoms with Crippen LogP contribution in [0.5, 0.6) is 0 Å². The van der Waals surface area contributed by atoms with Gasteiger partial charge in [0.2, 0.25) is 0 Å². The van der Waals surface area contributed by atoms with Crippen molar-refractivity contribution in [3.8, 4) is 0 Å². The molecule has 2 aromatic rings. The van der Waals surface area contributed by atoms with Crippen molar-refractivity contribution >= 4 is 44.9 Å². The van der Waals surface area contributed by atoms with Crippen molar-refractivity contribution in [2.75, 3.05) is 36.4 Å². The minimum atomic E-state index is -0.0566. The molecular weight excluding hydrogens is 378 g/mol. The van der Waals surface area contributed by atoms with Gasteiger partial charge in [0.25, 0.3) is 0 Å². The first kappa shape index (κ1) is 16.1. The summed E-state index contributed by atoms with van der Waals surface area (Å²) in [6, 6.07) is 15.4. The minimum absolute atomic E-state index is 0.0566. The number of piperazine rings is 1. The highest BCUT2D eigenvalue weighted by Gasteiger charge is 2.21. The van der Waals surface area contributed by atoms with E-state index in [1.165, 1.54) is 0 Å². The van der Waals surface area contributed by atoms with E-state index < -0.39 is 0 Å². The molecule has 1 N–H and O–H groups in total. The van der Waals surface area contributed by atoms with Crippen LogP contribution in [0.4, 0.5) is 16.2 Å². The Hall–Kier alpha value is -1.72. The van der Waals surface area contributed by atoms with Crippen LogP contribution in [0.3, 0.4) is 0 Å². The molecule has 0 atom stereocenters. The number of carbonyl (C=O) groups excluding carboxylic acids is 1. The lowest BCUT2D eigenvalue weighted by Crippen LogP contribution is -2.50. The summed E-state index contributed by atoms with van der Waals surface area (Å²) in [5.74, 6) is 0. The predicted octanol–water partition coefficient (Wildman–Crippen LogP) is 4.46. The van der Waals surface area contributed by atoms with Gasteiger partial charge in [0.15, 0.2) is 0 Å². The van der Waals surface area contributed by atoms with Crippen molar-refractivity contribution in [1.29, 1.82) is 0 Å². The van der Waals surface area contributed by atoms with Crippen molar-refractivity contribution < 1.29 is 4.79 Å². The summed E-state index contributed by atoms with van der Waals surface area (Å²) in [6.45, 7) is 3.02. The number of benzene rings is 2. The molecule has 1 aliphatic heterocycles. The number of urea groups is 1. The highest BCUT2D eigenvalue weighted by atomic mass is 79.9. The third-order valence-electron chi connectivity index (χ3n) is 3.83. The molecule has 1 aliphatic rings. The van der Waals surface area contributed by atoms with Gasteiger partial charge in [-0.1, -0.05) is 33.6 Å². The molecule has 6 heteroatoms. The van der Waals surface area contributed by atoms with Gasteiger partial charge in [-0.25, -0.2) is 4.79 Å². The quantitative estimate of drug-likeness (QED) is 0.816. The molecule has 2 aromatic carbocycles. The highest BCUT2D eigenvalue weighted by Crippen LogP contribution is 2.20. The fourth-order valence-corrected chi connectivity index (χ4v) is 3.11. The fourth-order valence-electron chi connectivity index (χ4n) is 2.59. The zero-order valence-corrected chi connectivity index (χ0v) is 14.8. The molecule has 1 heterocycles. The maximum absolute atomic E-state index is 12.3. The summed E-state index contributed by atoms with van der Waals surface area (Å²) < 4.78 is 0.947. The van der Waals surface area contributed by atoms with Crippen LogP contribution in [-0.4, -0.2) is 37.1 Å². The molecular formula is C17H17BrClN3O. The van der Waals surface area contributed by atoms with Crippen molar-refractivity contribution in [2.24, 2.45) is 0 Å². The van der Waals surface area contributed by atoms with E-state index in [4.69, 9.17) is 11.6 Å². The standard InChI is InChI=1S/C17H17BrClN3O/c18-13-2-1-3-15(12-13)20-17(23)22-10-8-21(9-11-22)16-6-4-14(19)5-7-16/h1-7,12H,8-11H2,(H,20,23). The summed E-state index contributed by atoms with van der Waals surface area (Å²) in [7, 11) is 0. The molecule has 0 bridgehead atoms. The van der Waals surface area contributed by atoms with Gasteiger partial charge in [0, 0.05) is 47.0 Å². The summed E-state index contributed by atoms with van der Waals surface area (Å²) >= 11 is 9.33.